The van der Waals surface area contributed by atoms with Crippen molar-refractivity contribution in [2.45, 2.75) is 24.3 Å². The summed E-state index contributed by atoms with van der Waals surface area (Å²) in [7, 11) is -2.33. The van der Waals surface area contributed by atoms with E-state index in [2.05, 4.69) is 4.72 Å². The fraction of sp³-hybridized carbons (Fsp3) is 0.500. The lowest BCUT2D eigenvalue weighted by Gasteiger charge is -2.11. The zero-order valence-corrected chi connectivity index (χ0v) is 12.6. The molecule has 2 N–H and O–H groups in total. The molecule has 0 spiro atoms. The van der Waals surface area contributed by atoms with Gasteiger partial charge in [0.2, 0.25) is 10.0 Å². The van der Waals surface area contributed by atoms with E-state index in [9.17, 15) is 23.6 Å². The van der Waals surface area contributed by atoms with Crippen molar-refractivity contribution in [3.63, 3.8) is 0 Å². The number of hydrogen-bond donors (Lipinski definition) is 2. The van der Waals surface area contributed by atoms with Crippen LogP contribution in [0.25, 0.3) is 0 Å². The average Bonchev–Trinajstić information content (AvgIpc) is 2.38. The summed E-state index contributed by atoms with van der Waals surface area (Å²) in [6, 6.07) is 3.54. The third kappa shape index (κ3) is 5.05. The Morgan fingerprint density at radius 2 is 2.14 bits per heavy atom. The Bertz CT molecular complexity index is 602. The Morgan fingerprint density at radius 3 is 2.67 bits per heavy atom. The van der Waals surface area contributed by atoms with Crippen molar-refractivity contribution in [1.29, 1.82) is 0 Å². The van der Waals surface area contributed by atoms with Crippen LogP contribution in [0.15, 0.2) is 23.1 Å². The molecule has 118 valence electrons. The van der Waals surface area contributed by atoms with Crippen LogP contribution in [0.3, 0.4) is 0 Å². The average molecular weight is 318 g/mol. The van der Waals surface area contributed by atoms with E-state index in [0.29, 0.717) is 0 Å². The zero-order chi connectivity index (χ0) is 16.0. The van der Waals surface area contributed by atoms with Crippen molar-refractivity contribution >= 4 is 15.7 Å². The second-order valence-corrected chi connectivity index (χ2v) is 6.24. The predicted octanol–water partition coefficient (Wildman–Crippen LogP) is 0.579. The van der Waals surface area contributed by atoms with E-state index >= 15 is 0 Å². The van der Waals surface area contributed by atoms with Crippen LogP contribution in [0.1, 0.15) is 12.0 Å². The van der Waals surface area contributed by atoms with Gasteiger partial charge < -0.3 is 9.84 Å². The number of ether oxygens (including phenoxy) is 1. The number of sulfonamides is 1. The van der Waals surface area contributed by atoms with Crippen molar-refractivity contribution in [2.75, 3.05) is 20.3 Å². The number of hydrogen-bond acceptors (Lipinski definition) is 6. The molecule has 8 nitrogen and oxygen atoms in total. The number of aliphatic hydroxyl groups excluding tert-OH is 1. The maximum Gasteiger partial charge on any atom is 0.269 e. The summed E-state index contributed by atoms with van der Waals surface area (Å²) < 4.78 is 31.2. The molecule has 0 aliphatic carbocycles. The highest BCUT2D eigenvalue weighted by Gasteiger charge is 2.19. The van der Waals surface area contributed by atoms with Gasteiger partial charge in [0.1, 0.15) is 0 Å². The SMILES string of the molecule is COCC(O)CCNS(=O)(=O)c1ccc([N+](=O)[O-])cc1C. The highest BCUT2D eigenvalue weighted by atomic mass is 32.2. The summed E-state index contributed by atoms with van der Waals surface area (Å²) in [6.45, 7) is 1.66. The van der Waals surface area contributed by atoms with E-state index in [1.165, 1.54) is 26.2 Å². The third-order valence-electron chi connectivity index (χ3n) is 2.79. The molecule has 0 fully saturated rings. The Labute approximate surface area is 122 Å². The molecule has 0 aliphatic rings. The first-order valence-corrected chi connectivity index (χ1v) is 7.68. The molecule has 0 amide bonds. The maximum absolute atomic E-state index is 12.1. The van der Waals surface area contributed by atoms with Crippen molar-refractivity contribution < 1.29 is 23.2 Å². The maximum atomic E-state index is 12.1. The minimum atomic E-state index is -3.77. The predicted molar refractivity (Wildman–Crippen MR) is 75.5 cm³/mol. The molecule has 0 aromatic heterocycles. The van der Waals surface area contributed by atoms with Crippen LogP contribution < -0.4 is 4.72 Å². The molecule has 1 rings (SSSR count). The molecule has 1 aromatic rings. The monoisotopic (exact) mass is 318 g/mol. The van der Waals surface area contributed by atoms with Gasteiger partial charge >= 0.3 is 0 Å². The molecule has 21 heavy (non-hydrogen) atoms. The fourth-order valence-electron chi connectivity index (χ4n) is 1.76. The quantitative estimate of drug-likeness (QED) is 0.534. The summed E-state index contributed by atoms with van der Waals surface area (Å²) in [5.41, 5.74) is 0.121. The van der Waals surface area contributed by atoms with Crippen molar-refractivity contribution in [1.82, 2.24) is 4.72 Å². The first-order chi connectivity index (χ1) is 9.77. The van der Waals surface area contributed by atoms with Crippen molar-refractivity contribution in [3.05, 3.63) is 33.9 Å². The largest absolute Gasteiger partial charge is 0.391 e. The number of non-ortho nitro benzene ring substituents is 1. The third-order valence-corrected chi connectivity index (χ3v) is 4.41. The fourth-order valence-corrected chi connectivity index (χ4v) is 3.03. The van der Waals surface area contributed by atoms with Crippen LogP contribution in [-0.4, -0.2) is 44.8 Å². The van der Waals surface area contributed by atoms with Gasteiger partial charge in [-0.3, -0.25) is 10.1 Å². The number of aryl methyl sites for hydroxylation is 1. The Hall–Kier alpha value is -1.55. The van der Waals surface area contributed by atoms with E-state index in [0.717, 1.165) is 6.07 Å². The van der Waals surface area contributed by atoms with Gasteiger partial charge in [-0.25, -0.2) is 13.1 Å². The minimum absolute atomic E-state index is 0.0191. The molecular weight excluding hydrogens is 300 g/mol. The molecule has 0 aliphatic heterocycles. The minimum Gasteiger partial charge on any atom is -0.391 e. The molecule has 0 radical (unpaired) electrons. The number of aliphatic hydroxyl groups is 1. The molecule has 1 aromatic carbocycles. The first-order valence-electron chi connectivity index (χ1n) is 6.19. The zero-order valence-electron chi connectivity index (χ0n) is 11.8. The van der Waals surface area contributed by atoms with E-state index < -0.39 is 21.1 Å². The smallest absolute Gasteiger partial charge is 0.269 e. The van der Waals surface area contributed by atoms with Crippen molar-refractivity contribution in [2.24, 2.45) is 0 Å². The molecule has 0 bridgehead atoms. The number of nitrogens with zero attached hydrogens (tertiary/aromatic N) is 1. The van der Waals surface area contributed by atoms with Gasteiger partial charge in [0.25, 0.3) is 5.69 Å². The number of nitro benzene ring substituents is 1. The van der Waals surface area contributed by atoms with E-state index in [-0.39, 0.29) is 35.7 Å². The Morgan fingerprint density at radius 1 is 1.48 bits per heavy atom. The molecule has 1 unspecified atom stereocenters. The Balaban J connectivity index is 2.77. The van der Waals surface area contributed by atoms with Gasteiger partial charge in [-0.1, -0.05) is 0 Å². The highest BCUT2D eigenvalue weighted by Crippen LogP contribution is 2.20. The normalized spacial score (nSPS) is 13.1. The number of nitrogens with one attached hydrogen (secondary N) is 1. The number of rotatable bonds is 8. The van der Waals surface area contributed by atoms with E-state index in [1.54, 1.807) is 0 Å². The lowest BCUT2D eigenvalue weighted by molar-refractivity contribution is -0.385. The highest BCUT2D eigenvalue weighted by molar-refractivity contribution is 7.89. The lowest BCUT2D eigenvalue weighted by Crippen LogP contribution is -2.29. The molecule has 0 heterocycles. The van der Waals surface area contributed by atoms with Crippen LogP contribution in [0.2, 0.25) is 0 Å². The second kappa shape index (κ2) is 7.46. The van der Waals surface area contributed by atoms with Crippen LogP contribution in [0.5, 0.6) is 0 Å². The molecule has 0 saturated carbocycles. The van der Waals surface area contributed by atoms with Gasteiger partial charge in [-0.15, -0.1) is 0 Å². The molecule has 9 heteroatoms. The summed E-state index contributed by atoms with van der Waals surface area (Å²) in [5, 5.41) is 20.1. The topological polar surface area (TPSA) is 119 Å². The standard InChI is InChI=1S/C12H18N2O6S/c1-9-7-10(14(16)17)3-4-12(9)21(18,19)13-6-5-11(15)8-20-2/h3-4,7,11,13,15H,5-6,8H2,1-2H3. The van der Waals surface area contributed by atoms with Crippen LogP contribution in [0, 0.1) is 17.0 Å². The van der Waals surface area contributed by atoms with Gasteiger partial charge in [-0.05, 0) is 25.0 Å². The van der Waals surface area contributed by atoms with Gasteiger partial charge in [0.15, 0.2) is 0 Å². The lowest BCUT2D eigenvalue weighted by atomic mass is 10.2. The van der Waals surface area contributed by atoms with Gasteiger partial charge in [-0.2, -0.15) is 0 Å². The molecular formula is C12H18N2O6S. The number of methoxy groups -OCH3 is 1. The van der Waals surface area contributed by atoms with Crippen LogP contribution >= 0.6 is 0 Å². The van der Waals surface area contributed by atoms with Gasteiger partial charge in [0.05, 0.1) is 22.5 Å². The first kappa shape index (κ1) is 17.5. The molecule has 0 saturated heterocycles. The van der Waals surface area contributed by atoms with Crippen LogP contribution in [0.4, 0.5) is 5.69 Å². The summed E-state index contributed by atoms with van der Waals surface area (Å²) >= 11 is 0. The van der Waals surface area contributed by atoms with Crippen molar-refractivity contribution in [3.8, 4) is 0 Å². The summed E-state index contributed by atoms with van der Waals surface area (Å²) in [4.78, 5) is 10.0. The van der Waals surface area contributed by atoms with Gasteiger partial charge in [0, 0.05) is 25.8 Å². The summed E-state index contributed by atoms with van der Waals surface area (Å²) in [5.74, 6) is 0. The number of benzene rings is 1. The summed E-state index contributed by atoms with van der Waals surface area (Å²) in [6.07, 6.45) is -0.547. The Kier molecular flexibility index (Phi) is 6.21. The van der Waals surface area contributed by atoms with E-state index in [4.69, 9.17) is 4.74 Å². The molecule has 1 atom stereocenters. The van der Waals surface area contributed by atoms with E-state index in [1.807, 2.05) is 0 Å². The van der Waals surface area contributed by atoms with Crippen LogP contribution in [-0.2, 0) is 14.8 Å². The second-order valence-electron chi connectivity index (χ2n) is 4.50. The number of nitro groups is 1.